The Balaban J connectivity index is 4.63. The molecule has 0 radical (unpaired) electrons. The number of hydrogen-bond acceptors (Lipinski definition) is 4. The fraction of sp³-hybridized carbons (Fsp3) is 0.844. The Labute approximate surface area is 238 Å². The standard InChI is InChI=1S/C32H59NO6/c1-5-9-10-11-12-13-14-15-16-17-18-19-20-21-22-23-24-25-26-33(27(6-2)30(34)35,28(7-3)31(36)37)29(8-4)32(38)39/h18-19,27-29H,5-17,20-26H2,1-4H3,(H2-,34,35,36,37,38,39)/b19-18+. The molecule has 0 aromatic heterocycles. The monoisotopic (exact) mass is 553 g/mol. The van der Waals surface area contributed by atoms with E-state index in [1.54, 1.807) is 20.8 Å². The molecule has 0 bridgehead atoms. The van der Waals surface area contributed by atoms with Crippen LogP contribution in [0.4, 0.5) is 0 Å². The zero-order chi connectivity index (χ0) is 29.5. The fourth-order valence-electron chi connectivity index (χ4n) is 6.25. The zero-order valence-corrected chi connectivity index (χ0v) is 25.5. The van der Waals surface area contributed by atoms with Crippen LogP contribution in [0.25, 0.3) is 0 Å². The van der Waals surface area contributed by atoms with Crippen LogP contribution < -0.4 is 5.11 Å². The van der Waals surface area contributed by atoms with Gasteiger partial charge in [-0.25, -0.2) is 9.59 Å². The Morgan fingerprint density at radius 3 is 1.28 bits per heavy atom. The predicted octanol–water partition coefficient (Wildman–Crippen LogP) is 6.88. The number of rotatable bonds is 27. The molecule has 3 atom stereocenters. The molecule has 39 heavy (non-hydrogen) atoms. The van der Waals surface area contributed by atoms with E-state index in [0.717, 1.165) is 38.5 Å². The summed E-state index contributed by atoms with van der Waals surface area (Å²) in [6.45, 7) is 7.50. The summed E-state index contributed by atoms with van der Waals surface area (Å²) in [5.41, 5.74) is 0. The molecule has 0 aliphatic carbocycles. The summed E-state index contributed by atoms with van der Waals surface area (Å²) in [4.78, 5) is 36.6. The molecule has 0 rings (SSSR count). The van der Waals surface area contributed by atoms with Gasteiger partial charge in [0.2, 0.25) is 0 Å². The van der Waals surface area contributed by atoms with Gasteiger partial charge in [-0.2, -0.15) is 0 Å². The highest BCUT2D eigenvalue weighted by Gasteiger charge is 2.53. The Morgan fingerprint density at radius 2 is 0.949 bits per heavy atom. The lowest BCUT2D eigenvalue weighted by atomic mass is 9.94. The first-order valence-electron chi connectivity index (χ1n) is 15.9. The van der Waals surface area contributed by atoms with Crippen LogP contribution in [-0.4, -0.2) is 57.3 Å². The van der Waals surface area contributed by atoms with Crippen molar-refractivity contribution in [3.05, 3.63) is 12.2 Å². The van der Waals surface area contributed by atoms with Crippen molar-refractivity contribution < 1.29 is 34.2 Å². The third-order valence-electron chi connectivity index (χ3n) is 8.30. The third kappa shape index (κ3) is 13.8. The van der Waals surface area contributed by atoms with Crippen molar-refractivity contribution in [3.8, 4) is 0 Å². The van der Waals surface area contributed by atoms with Crippen LogP contribution in [-0.2, 0) is 14.4 Å². The van der Waals surface area contributed by atoms with E-state index in [4.69, 9.17) is 0 Å². The maximum atomic E-state index is 12.2. The van der Waals surface area contributed by atoms with Gasteiger partial charge in [0.15, 0.2) is 12.1 Å². The molecule has 0 aliphatic rings. The second kappa shape index (κ2) is 22.9. The highest BCUT2D eigenvalue weighted by atomic mass is 16.4. The molecule has 228 valence electrons. The van der Waals surface area contributed by atoms with E-state index in [1.807, 2.05) is 0 Å². The number of carbonyl (C=O) groups excluding carboxylic acids is 1. The number of allylic oxidation sites excluding steroid dienone is 2. The van der Waals surface area contributed by atoms with Gasteiger partial charge in [0.05, 0.1) is 12.5 Å². The summed E-state index contributed by atoms with van der Waals surface area (Å²) in [5.74, 6) is -3.66. The predicted molar refractivity (Wildman–Crippen MR) is 156 cm³/mol. The van der Waals surface area contributed by atoms with Crippen LogP contribution in [0.15, 0.2) is 12.2 Å². The highest BCUT2D eigenvalue weighted by Crippen LogP contribution is 2.32. The Bertz CT molecular complexity index is 637. The number of carboxylic acid groups (broad SMARTS) is 3. The van der Waals surface area contributed by atoms with E-state index in [-0.39, 0.29) is 25.8 Å². The zero-order valence-electron chi connectivity index (χ0n) is 25.5. The summed E-state index contributed by atoms with van der Waals surface area (Å²) in [5, 5.41) is 32.1. The molecule has 2 N–H and O–H groups in total. The first kappa shape index (κ1) is 37.1. The molecule has 0 heterocycles. The van der Waals surface area contributed by atoms with Gasteiger partial charge < -0.3 is 20.1 Å². The van der Waals surface area contributed by atoms with Gasteiger partial charge in [-0.1, -0.05) is 104 Å². The molecule has 7 nitrogen and oxygen atoms in total. The normalized spacial score (nSPS) is 15.6. The van der Waals surface area contributed by atoms with Gasteiger partial charge in [0.25, 0.3) is 0 Å². The molecule has 0 saturated heterocycles. The number of unbranched alkanes of at least 4 members (excludes halogenated alkanes) is 14. The molecule has 3 unspecified atom stereocenters. The van der Waals surface area contributed by atoms with Crippen molar-refractivity contribution in [2.45, 2.75) is 168 Å². The number of carbonyl (C=O) groups is 3. The molecule has 0 aromatic rings. The second-order valence-corrected chi connectivity index (χ2v) is 11.1. The van der Waals surface area contributed by atoms with E-state index in [2.05, 4.69) is 19.1 Å². The minimum absolute atomic E-state index is 0.126. The van der Waals surface area contributed by atoms with Gasteiger partial charge in [-0.05, 0) is 38.5 Å². The lowest BCUT2D eigenvalue weighted by molar-refractivity contribution is -0.974. The number of carboxylic acids is 3. The SMILES string of the molecule is CCCCCCCCCCC/C=C/CCCCCCC[N+](C(CC)C(=O)[O-])(C(CC)C(=O)O)C(CC)C(=O)O. The number of quaternary nitrogens is 1. The van der Waals surface area contributed by atoms with Gasteiger partial charge in [-0.15, -0.1) is 0 Å². The van der Waals surface area contributed by atoms with Gasteiger partial charge in [0.1, 0.15) is 6.04 Å². The average Bonchev–Trinajstić information content (AvgIpc) is 2.88. The van der Waals surface area contributed by atoms with Crippen molar-refractivity contribution in [1.29, 1.82) is 0 Å². The molecule has 0 saturated carbocycles. The largest absolute Gasteiger partial charge is 0.544 e. The Kier molecular flexibility index (Phi) is 21.8. The lowest BCUT2D eigenvalue weighted by Gasteiger charge is -2.51. The van der Waals surface area contributed by atoms with Gasteiger partial charge in [-0.3, -0.25) is 4.48 Å². The summed E-state index contributed by atoms with van der Waals surface area (Å²) >= 11 is 0. The van der Waals surface area contributed by atoms with E-state index in [0.29, 0.717) is 6.42 Å². The van der Waals surface area contributed by atoms with Crippen LogP contribution in [0.1, 0.15) is 150 Å². The lowest BCUT2D eigenvalue weighted by Crippen LogP contribution is -2.73. The summed E-state index contributed by atoms with van der Waals surface area (Å²) in [6.07, 6.45) is 23.8. The molecular formula is C32H59NO6. The van der Waals surface area contributed by atoms with Crippen LogP contribution in [0.3, 0.4) is 0 Å². The Morgan fingerprint density at radius 1 is 0.590 bits per heavy atom. The van der Waals surface area contributed by atoms with Crippen LogP contribution in [0.5, 0.6) is 0 Å². The van der Waals surface area contributed by atoms with Crippen molar-refractivity contribution in [2.24, 2.45) is 0 Å². The molecular weight excluding hydrogens is 494 g/mol. The maximum Gasteiger partial charge on any atom is 0.362 e. The Hall–Kier alpha value is -1.89. The third-order valence-corrected chi connectivity index (χ3v) is 8.30. The minimum atomic E-state index is -1.37. The molecule has 0 spiro atoms. The maximum absolute atomic E-state index is 12.2. The molecule has 7 heteroatoms. The molecule has 0 aromatic carbocycles. The van der Waals surface area contributed by atoms with E-state index in [1.165, 1.54) is 57.8 Å². The smallest absolute Gasteiger partial charge is 0.362 e. The van der Waals surface area contributed by atoms with Gasteiger partial charge >= 0.3 is 11.9 Å². The van der Waals surface area contributed by atoms with Crippen LogP contribution in [0, 0.1) is 0 Å². The van der Waals surface area contributed by atoms with Crippen molar-refractivity contribution in [1.82, 2.24) is 0 Å². The first-order chi connectivity index (χ1) is 18.7. The first-order valence-corrected chi connectivity index (χ1v) is 15.9. The molecule has 0 aliphatic heterocycles. The van der Waals surface area contributed by atoms with Crippen LogP contribution in [0.2, 0.25) is 0 Å². The number of hydrogen-bond donors (Lipinski definition) is 2. The second-order valence-electron chi connectivity index (χ2n) is 11.1. The number of aliphatic carboxylic acids is 3. The average molecular weight is 554 g/mol. The van der Waals surface area contributed by atoms with E-state index in [9.17, 15) is 29.7 Å². The topological polar surface area (TPSA) is 115 Å². The van der Waals surface area contributed by atoms with E-state index < -0.39 is 40.5 Å². The number of nitrogens with zero attached hydrogens (tertiary/aromatic N) is 1. The van der Waals surface area contributed by atoms with E-state index >= 15 is 0 Å². The van der Waals surface area contributed by atoms with Gasteiger partial charge in [0, 0.05) is 19.3 Å². The summed E-state index contributed by atoms with van der Waals surface area (Å²) < 4.78 is -0.474. The molecule has 0 amide bonds. The van der Waals surface area contributed by atoms with Crippen LogP contribution >= 0.6 is 0 Å². The van der Waals surface area contributed by atoms with Crippen molar-refractivity contribution >= 4 is 17.9 Å². The fourth-order valence-corrected chi connectivity index (χ4v) is 6.25. The van der Waals surface area contributed by atoms with Crippen molar-refractivity contribution in [2.75, 3.05) is 6.54 Å². The summed E-state index contributed by atoms with van der Waals surface area (Å²) in [7, 11) is 0. The quantitative estimate of drug-likeness (QED) is 0.0651. The highest BCUT2D eigenvalue weighted by molar-refractivity contribution is 5.77. The molecule has 0 fully saturated rings. The van der Waals surface area contributed by atoms with Crippen molar-refractivity contribution in [3.63, 3.8) is 0 Å². The minimum Gasteiger partial charge on any atom is -0.544 e. The summed E-state index contributed by atoms with van der Waals surface area (Å²) in [6, 6.07) is -3.39.